The van der Waals surface area contributed by atoms with E-state index in [1.165, 1.54) is 17.4 Å². The van der Waals surface area contributed by atoms with Crippen molar-refractivity contribution >= 4 is 34.0 Å². The Labute approximate surface area is 122 Å². The molecular weight excluding hydrogens is 304 g/mol. The molecular formula is C13H10ClF2N3S. The number of aromatic nitrogens is 3. The second-order valence-electron chi connectivity index (χ2n) is 4.38. The van der Waals surface area contributed by atoms with Gasteiger partial charge in [0.15, 0.2) is 11.6 Å². The fourth-order valence-corrected chi connectivity index (χ4v) is 2.83. The molecule has 3 aromatic rings. The van der Waals surface area contributed by atoms with Crippen molar-refractivity contribution in [1.29, 1.82) is 0 Å². The molecule has 0 saturated heterocycles. The van der Waals surface area contributed by atoms with E-state index in [0.29, 0.717) is 17.9 Å². The molecule has 3 rings (SSSR count). The monoisotopic (exact) mass is 313 g/mol. The maximum Gasteiger partial charge on any atom is 0.184 e. The molecule has 1 unspecified atom stereocenters. The van der Waals surface area contributed by atoms with Gasteiger partial charge in [-0.15, -0.1) is 22.9 Å². The van der Waals surface area contributed by atoms with Gasteiger partial charge in [0.2, 0.25) is 0 Å². The number of hydrogen-bond acceptors (Lipinski definition) is 3. The van der Waals surface area contributed by atoms with Gasteiger partial charge in [0.05, 0.1) is 28.6 Å². The fourth-order valence-electron chi connectivity index (χ4n) is 2.12. The molecule has 0 aliphatic rings. The van der Waals surface area contributed by atoms with Crippen LogP contribution >= 0.6 is 22.9 Å². The van der Waals surface area contributed by atoms with Gasteiger partial charge in [0.1, 0.15) is 11.3 Å². The van der Waals surface area contributed by atoms with Gasteiger partial charge in [-0.25, -0.2) is 18.7 Å². The molecule has 0 saturated carbocycles. The summed E-state index contributed by atoms with van der Waals surface area (Å²) in [5.41, 5.74) is 2.97. The van der Waals surface area contributed by atoms with Crippen LogP contribution in [0.2, 0.25) is 0 Å². The highest BCUT2D eigenvalue weighted by Crippen LogP contribution is 2.28. The summed E-state index contributed by atoms with van der Waals surface area (Å²) in [5, 5.41) is 1.44. The zero-order chi connectivity index (χ0) is 14.3. The number of imidazole rings is 1. The van der Waals surface area contributed by atoms with Crippen LogP contribution < -0.4 is 0 Å². The van der Waals surface area contributed by atoms with Gasteiger partial charge in [-0.1, -0.05) is 0 Å². The minimum Gasteiger partial charge on any atom is -0.318 e. The van der Waals surface area contributed by atoms with Crippen LogP contribution in [0.3, 0.4) is 0 Å². The number of halogens is 3. The van der Waals surface area contributed by atoms with Crippen LogP contribution in [-0.4, -0.2) is 14.5 Å². The predicted molar refractivity (Wildman–Crippen MR) is 75.1 cm³/mol. The third-order valence-electron chi connectivity index (χ3n) is 2.99. The molecule has 3 nitrogen and oxygen atoms in total. The normalized spacial score (nSPS) is 13.0. The Morgan fingerprint density at radius 1 is 1.40 bits per heavy atom. The first kappa shape index (κ1) is 13.5. The summed E-state index contributed by atoms with van der Waals surface area (Å²) in [6.45, 7) is 2.06. The molecule has 0 amide bonds. The van der Waals surface area contributed by atoms with E-state index in [2.05, 4.69) is 9.97 Å². The summed E-state index contributed by atoms with van der Waals surface area (Å²) < 4.78 is 29.1. The number of nitrogens with zero attached hydrogens (tertiary/aromatic N) is 3. The Hall–Kier alpha value is -1.53. The first-order valence-corrected chi connectivity index (χ1v) is 7.31. The third-order valence-corrected chi connectivity index (χ3v) is 3.82. The lowest BCUT2D eigenvalue weighted by atomic mass is 10.3. The molecule has 0 radical (unpaired) electrons. The Balaban J connectivity index is 2.25. The summed E-state index contributed by atoms with van der Waals surface area (Å²) in [7, 11) is 0. The van der Waals surface area contributed by atoms with Crippen molar-refractivity contribution < 1.29 is 8.78 Å². The lowest BCUT2D eigenvalue weighted by molar-refractivity contribution is 0.511. The summed E-state index contributed by atoms with van der Waals surface area (Å²) in [6.07, 6.45) is 0. The van der Waals surface area contributed by atoms with E-state index in [9.17, 15) is 8.78 Å². The molecule has 0 aliphatic heterocycles. The van der Waals surface area contributed by atoms with Crippen LogP contribution in [0.1, 0.15) is 23.8 Å². The minimum atomic E-state index is -0.909. The van der Waals surface area contributed by atoms with E-state index in [-0.39, 0.29) is 5.52 Å². The largest absolute Gasteiger partial charge is 0.318 e. The van der Waals surface area contributed by atoms with E-state index < -0.39 is 17.0 Å². The molecule has 0 N–H and O–H groups in total. The van der Waals surface area contributed by atoms with Gasteiger partial charge in [-0.05, 0) is 19.1 Å². The number of rotatable bonds is 3. The van der Waals surface area contributed by atoms with Gasteiger partial charge >= 0.3 is 0 Å². The molecule has 2 heterocycles. The predicted octanol–water partition coefficient (Wildman–Crippen LogP) is 4.12. The van der Waals surface area contributed by atoms with Crippen molar-refractivity contribution in [2.75, 3.05) is 0 Å². The Kier molecular flexibility index (Phi) is 3.43. The summed E-state index contributed by atoms with van der Waals surface area (Å²) in [5.74, 6) is -1.31. The van der Waals surface area contributed by atoms with E-state index in [0.717, 1.165) is 11.8 Å². The number of fused-ring (bicyclic) bond motifs is 1. The number of benzene rings is 1. The van der Waals surface area contributed by atoms with Crippen LogP contribution in [0.15, 0.2) is 23.0 Å². The molecule has 2 aromatic heterocycles. The van der Waals surface area contributed by atoms with Crippen molar-refractivity contribution in [3.63, 3.8) is 0 Å². The zero-order valence-electron chi connectivity index (χ0n) is 10.5. The highest BCUT2D eigenvalue weighted by Gasteiger charge is 2.20. The maximum atomic E-state index is 14.1. The molecule has 1 aromatic carbocycles. The van der Waals surface area contributed by atoms with Gasteiger partial charge in [-0.2, -0.15) is 0 Å². The highest BCUT2D eigenvalue weighted by atomic mass is 35.5. The van der Waals surface area contributed by atoms with Gasteiger partial charge in [0, 0.05) is 5.38 Å². The van der Waals surface area contributed by atoms with E-state index in [4.69, 9.17) is 11.6 Å². The Morgan fingerprint density at radius 2 is 2.20 bits per heavy atom. The molecule has 20 heavy (non-hydrogen) atoms. The zero-order valence-corrected chi connectivity index (χ0v) is 12.1. The smallest absolute Gasteiger partial charge is 0.184 e. The molecule has 104 valence electrons. The molecule has 0 aliphatic carbocycles. The molecule has 0 fully saturated rings. The van der Waals surface area contributed by atoms with Crippen molar-refractivity contribution in [1.82, 2.24) is 14.5 Å². The average molecular weight is 314 g/mol. The molecule has 0 spiro atoms. The lowest BCUT2D eigenvalue weighted by Gasteiger charge is -2.09. The average Bonchev–Trinajstić information content (AvgIpc) is 3.02. The molecule has 1 atom stereocenters. The standard InChI is InChI=1S/C13H10ClF2N3S/c1-7(14)13-18-10-3-2-9(15)11(16)12(10)19(13)4-8-5-20-6-17-8/h2-3,5-7H,4H2,1H3. The molecule has 0 bridgehead atoms. The first-order chi connectivity index (χ1) is 9.58. The SMILES string of the molecule is CC(Cl)c1nc2ccc(F)c(F)c2n1Cc1cscn1. The highest BCUT2D eigenvalue weighted by molar-refractivity contribution is 7.07. The van der Waals surface area contributed by atoms with Crippen molar-refractivity contribution in [2.45, 2.75) is 18.8 Å². The molecule has 7 heteroatoms. The number of alkyl halides is 1. The second kappa shape index (κ2) is 5.10. The number of thiazole rings is 1. The van der Waals surface area contributed by atoms with Crippen LogP contribution in [0, 0.1) is 11.6 Å². The summed E-state index contributed by atoms with van der Waals surface area (Å²) in [4.78, 5) is 8.46. The quantitative estimate of drug-likeness (QED) is 0.681. The fraction of sp³-hybridized carbons (Fsp3) is 0.231. The van der Waals surface area contributed by atoms with Crippen molar-refractivity contribution in [3.05, 3.63) is 46.2 Å². The van der Waals surface area contributed by atoms with Crippen molar-refractivity contribution in [2.24, 2.45) is 0 Å². The second-order valence-corrected chi connectivity index (χ2v) is 5.75. The van der Waals surface area contributed by atoms with E-state index in [1.807, 2.05) is 5.38 Å². The minimum absolute atomic E-state index is 0.125. The summed E-state index contributed by atoms with van der Waals surface area (Å²) in [6, 6.07) is 2.52. The Bertz CT molecular complexity index is 753. The Morgan fingerprint density at radius 3 is 2.85 bits per heavy atom. The topological polar surface area (TPSA) is 30.7 Å². The van der Waals surface area contributed by atoms with Gasteiger partial charge in [0.25, 0.3) is 0 Å². The van der Waals surface area contributed by atoms with E-state index in [1.54, 1.807) is 17.0 Å². The van der Waals surface area contributed by atoms with Gasteiger partial charge in [-0.3, -0.25) is 0 Å². The summed E-state index contributed by atoms with van der Waals surface area (Å²) >= 11 is 7.54. The van der Waals surface area contributed by atoms with Crippen LogP contribution in [0.4, 0.5) is 8.78 Å². The first-order valence-electron chi connectivity index (χ1n) is 5.93. The number of hydrogen-bond donors (Lipinski definition) is 0. The third kappa shape index (κ3) is 2.19. The van der Waals surface area contributed by atoms with Crippen LogP contribution in [0.25, 0.3) is 11.0 Å². The van der Waals surface area contributed by atoms with Crippen molar-refractivity contribution in [3.8, 4) is 0 Å². The van der Waals surface area contributed by atoms with E-state index >= 15 is 0 Å². The maximum absolute atomic E-state index is 14.1. The van der Waals surface area contributed by atoms with Crippen LogP contribution in [0.5, 0.6) is 0 Å². The van der Waals surface area contributed by atoms with Crippen LogP contribution in [-0.2, 0) is 6.54 Å². The lowest BCUT2D eigenvalue weighted by Crippen LogP contribution is -2.07. The van der Waals surface area contributed by atoms with Gasteiger partial charge < -0.3 is 4.57 Å².